The number of nitrogens with zero attached hydrogens (tertiary/aromatic N) is 1. The molecule has 2 N–H and O–H groups in total. The van der Waals surface area contributed by atoms with Crippen molar-refractivity contribution in [2.45, 2.75) is 44.9 Å². The average molecular weight is 308 g/mol. The van der Waals surface area contributed by atoms with Gasteiger partial charge in [0.15, 0.2) is 0 Å². The van der Waals surface area contributed by atoms with Gasteiger partial charge in [-0.15, -0.1) is 0 Å². The van der Waals surface area contributed by atoms with E-state index in [0.717, 1.165) is 32.1 Å². The van der Waals surface area contributed by atoms with Gasteiger partial charge in [-0.3, -0.25) is 14.4 Å². The van der Waals surface area contributed by atoms with E-state index in [2.05, 4.69) is 5.32 Å². The van der Waals surface area contributed by atoms with Crippen LogP contribution < -0.4 is 5.32 Å². The minimum absolute atomic E-state index is 0.0269. The van der Waals surface area contributed by atoms with E-state index in [-0.39, 0.29) is 29.1 Å². The van der Waals surface area contributed by atoms with Gasteiger partial charge in [0.2, 0.25) is 11.8 Å². The van der Waals surface area contributed by atoms with Crippen molar-refractivity contribution >= 4 is 17.8 Å². The Bertz CT molecular complexity index is 479. The fourth-order valence-corrected chi connectivity index (χ4v) is 3.55. The van der Waals surface area contributed by atoms with Crippen LogP contribution in [0.2, 0.25) is 0 Å². The fourth-order valence-electron chi connectivity index (χ4n) is 3.55. The lowest BCUT2D eigenvalue weighted by Crippen LogP contribution is -2.40. The molecular weight excluding hydrogens is 284 g/mol. The van der Waals surface area contributed by atoms with Gasteiger partial charge in [0.05, 0.1) is 5.92 Å². The molecule has 2 saturated carbocycles. The number of carboxylic acid groups (broad SMARTS) is 1. The number of piperidine rings is 1. The Kier molecular flexibility index (Phi) is 4.10. The third-order valence-electron chi connectivity index (χ3n) is 5.41. The minimum atomic E-state index is -0.689. The highest BCUT2D eigenvalue weighted by atomic mass is 16.4. The van der Waals surface area contributed by atoms with Crippen LogP contribution in [0.3, 0.4) is 0 Å². The minimum Gasteiger partial charge on any atom is -0.481 e. The lowest BCUT2D eigenvalue weighted by atomic mass is 9.90. The van der Waals surface area contributed by atoms with Gasteiger partial charge in [0.25, 0.3) is 0 Å². The van der Waals surface area contributed by atoms with E-state index >= 15 is 0 Å². The summed E-state index contributed by atoms with van der Waals surface area (Å²) < 4.78 is 0. The monoisotopic (exact) mass is 308 g/mol. The molecule has 3 rings (SSSR count). The Hall–Kier alpha value is -1.59. The second-order valence-corrected chi connectivity index (χ2v) is 7.01. The van der Waals surface area contributed by atoms with Gasteiger partial charge in [-0.05, 0) is 43.9 Å². The highest BCUT2D eigenvalue weighted by Gasteiger charge is 2.59. The first-order valence-electron chi connectivity index (χ1n) is 8.30. The number of aliphatic carboxylic acids is 1. The van der Waals surface area contributed by atoms with Gasteiger partial charge in [-0.2, -0.15) is 0 Å². The van der Waals surface area contributed by atoms with E-state index < -0.39 is 5.97 Å². The number of hydrogen-bond acceptors (Lipinski definition) is 3. The van der Waals surface area contributed by atoms with Crippen molar-refractivity contribution in [3.8, 4) is 0 Å². The summed E-state index contributed by atoms with van der Waals surface area (Å²) in [5.41, 5.74) is -0.0269. The lowest BCUT2D eigenvalue weighted by molar-refractivity contribution is -0.140. The van der Waals surface area contributed by atoms with Gasteiger partial charge in [0, 0.05) is 32.0 Å². The van der Waals surface area contributed by atoms with Crippen molar-refractivity contribution in [3.05, 3.63) is 0 Å². The van der Waals surface area contributed by atoms with E-state index in [9.17, 15) is 14.4 Å². The zero-order chi connectivity index (χ0) is 15.7. The van der Waals surface area contributed by atoms with Gasteiger partial charge in [0.1, 0.15) is 0 Å². The molecule has 2 amide bonds. The summed E-state index contributed by atoms with van der Waals surface area (Å²) in [6, 6.07) is 0. The summed E-state index contributed by atoms with van der Waals surface area (Å²) in [6.07, 6.45) is 5.53. The average Bonchev–Trinajstić information content (AvgIpc) is 3.38. The Labute approximate surface area is 130 Å². The van der Waals surface area contributed by atoms with Crippen molar-refractivity contribution in [1.29, 1.82) is 0 Å². The van der Waals surface area contributed by atoms with Gasteiger partial charge in [-0.25, -0.2) is 0 Å². The summed E-state index contributed by atoms with van der Waals surface area (Å²) in [7, 11) is 0. The van der Waals surface area contributed by atoms with E-state index in [1.165, 1.54) is 0 Å². The standard InChI is InChI=1S/C16H24N2O4/c19-13(2-1-7-17-14(20)11-3-4-11)18-8-5-16(6-9-18)10-12(16)15(21)22/h11-12H,1-10H2,(H,17,20)(H,21,22). The second kappa shape index (κ2) is 5.89. The normalized spacial score (nSPS) is 25.8. The zero-order valence-corrected chi connectivity index (χ0v) is 12.8. The van der Waals surface area contributed by atoms with E-state index in [0.29, 0.717) is 32.5 Å². The Balaban J connectivity index is 1.32. The molecular formula is C16H24N2O4. The number of carboxylic acids is 1. The first-order chi connectivity index (χ1) is 10.5. The van der Waals surface area contributed by atoms with Crippen LogP contribution in [0.15, 0.2) is 0 Å². The van der Waals surface area contributed by atoms with E-state index in [1.807, 2.05) is 4.90 Å². The molecule has 3 fully saturated rings. The van der Waals surface area contributed by atoms with Crippen molar-refractivity contribution in [3.63, 3.8) is 0 Å². The third-order valence-corrected chi connectivity index (χ3v) is 5.41. The molecule has 0 aromatic rings. The summed E-state index contributed by atoms with van der Waals surface area (Å²) >= 11 is 0. The summed E-state index contributed by atoms with van der Waals surface area (Å²) in [5, 5.41) is 11.9. The quantitative estimate of drug-likeness (QED) is 0.717. The SMILES string of the molecule is O=C(NCCCC(=O)N1CCC2(CC1)CC2C(=O)O)C1CC1. The van der Waals surface area contributed by atoms with Crippen LogP contribution in [0.25, 0.3) is 0 Å². The molecule has 3 aliphatic rings. The topological polar surface area (TPSA) is 86.7 Å². The highest BCUT2D eigenvalue weighted by molar-refractivity contribution is 5.81. The maximum Gasteiger partial charge on any atom is 0.307 e. The molecule has 0 aromatic carbocycles. The molecule has 1 aliphatic heterocycles. The fraction of sp³-hybridized carbons (Fsp3) is 0.812. The summed E-state index contributed by atoms with van der Waals surface area (Å²) in [5.74, 6) is -0.410. The second-order valence-electron chi connectivity index (χ2n) is 7.01. The van der Waals surface area contributed by atoms with Gasteiger partial charge >= 0.3 is 5.97 Å². The first kappa shape index (κ1) is 15.3. The Morgan fingerprint density at radius 1 is 1.18 bits per heavy atom. The molecule has 1 spiro atoms. The number of amides is 2. The van der Waals surface area contributed by atoms with Crippen LogP contribution in [-0.2, 0) is 14.4 Å². The number of likely N-dealkylation sites (tertiary alicyclic amines) is 1. The van der Waals surface area contributed by atoms with Crippen LogP contribution in [-0.4, -0.2) is 47.4 Å². The highest BCUT2D eigenvalue weighted by Crippen LogP contribution is 2.59. The maximum absolute atomic E-state index is 12.1. The molecule has 6 nitrogen and oxygen atoms in total. The smallest absolute Gasteiger partial charge is 0.307 e. The Morgan fingerprint density at radius 2 is 1.86 bits per heavy atom. The largest absolute Gasteiger partial charge is 0.481 e. The van der Waals surface area contributed by atoms with E-state index in [1.54, 1.807) is 0 Å². The number of carbonyl (C=O) groups excluding carboxylic acids is 2. The van der Waals surface area contributed by atoms with Gasteiger partial charge < -0.3 is 15.3 Å². The van der Waals surface area contributed by atoms with Gasteiger partial charge in [-0.1, -0.05) is 0 Å². The molecule has 2 aliphatic carbocycles. The van der Waals surface area contributed by atoms with E-state index in [4.69, 9.17) is 5.11 Å². The predicted octanol–water partition coefficient (Wildman–Crippen LogP) is 1.01. The lowest BCUT2D eigenvalue weighted by Gasteiger charge is -2.32. The van der Waals surface area contributed by atoms with Crippen molar-refractivity contribution in [1.82, 2.24) is 10.2 Å². The third kappa shape index (κ3) is 3.25. The van der Waals surface area contributed by atoms with Crippen LogP contribution >= 0.6 is 0 Å². The number of hydrogen-bond donors (Lipinski definition) is 2. The zero-order valence-electron chi connectivity index (χ0n) is 12.8. The first-order valence-corrected chi connectivity index (χ1v) is 8.30. The molecule has 1 saturated heterocycles. The molecule has 0 radical (unpaired) electrons. The molecule has 1 unspecified atom stereocenters. The van der Waals surface area contributed by atoms with Crippen LogP contribution in [0.4, 0.5) is 0 Å². The van der Waals surface area contributed by atoms with Crippen LogP contribution in [0.1, 0.15) is 44.9 Å². The molecule has 122 valence electrons. The predicted molar refractivity (Wildman–Crippen MR) is 79.0 cm³/mol. The van der Waals surface area contributed by atoms with Crippen molar-refractivity contribution < 1.29 is 19.5 Å². The Morgan fingerprint density at radius 3 is 2.41 bits per heavy atom. The molecule has 0 bridgehead atoms. The molecule has 6 heteroatoms. The molecule has 1 atom stereocenters. The number of nitrogens with one attached hydrogen (secondary N) is 1. The maximum atomic E-state index is 12.1. The number of rotatable bonds is 6. The molecule has 1 heterocycles. The van der Waals surface area contributed by atoms with Crippen LogP contribution in [0.5, 0.6) is 0 Å². The molecule has 0 aromatic heterocycles. The van der Waals surface area contributed by atoms with Crippen molar-refractivity contribution in [2.75, 3.05) is 19.6 Å². The van der Waals surface area contributed by atoms with Crippen molar-refractivity contribution in [2.24, 2.45) is 17.3 Å². The number of carbonyl (C=O) groups is 3. The summed E-state index contributed by atoms with van der Waals surface area (Å²) in [6.45, 7) is 1.92. The summed E-state index contributed by atoms with van der Waals surface area (Å²) in [4.78, 5) is 36.5. The molecule has 22 heavy (non-hydrogen) atoms. The van der Waals surface area contributed by atoms with Crippen LogP contribution in [0, 0.1) is 17.3 Å².